The number of pyridine rings is 1. The first kappa shape index (κ1) is 23.6. The maximum absolute atomic E-state index is 14.0. The van der Waals surface area contributed by atoms with Crippen LogP contribution in [0.25, 0.3) is 0 Å². The summed E-state index contributed by atoms with van der Waals surface area (Å²) in [4.78, 5) is 6.25. The van der Waals surface area contributed by atoms with Crippen molar-refractivity contribution in [2.24, 2.45) is 0 Å². The molecule has 3 nitrogen and oxygen atoms in total. The van der Waals surface area contributed by atoms with Crippen LogP contribution in [0.1, 0.15) is 22.4 Å². The maximum atomic E-state index is 14.0. The molecule has 7 heteroatoms. The van der Waals surface area contributed by atoms with Crippen LogP contribution >= 0.6 is 24.8 Å². The molecule has 0 aliphatic rings. The van der Waals surface area contributed by atoms with E-state index in [1.165, 1.54) is 6.07 Å². The number of benzene rings is 1. The van der Waals surface area contributed by atoms with E-state index in [1.54, 1.807) is 12.1 Å². The fourth-order valence-corrected chi connectivity index (χ4v) is 2.55. The number of aryl methyl sites for hydroxylation is 3. The van der Waals surface area contributed by atoms with Crippen molar-refractivity contribution < 1.29 is 8.78 Å². The van der Waals surface area contributed by atoms with Gasteiger partial charge >= 0.3 is 0 Å². The van der Waals surface area contributed by atoms with E-state index >= 15 is 0 Å². The molecule has 25 heavy (non-hydrogen) atoms. The number of nitrogen functional groups attached to an aromatic ring is 1. The molecule has 2 rings (SSSR count). The summed E-state index contributed by atoms with van der Waals surface area (Å²) in [6.07, 6.45) is 1.61. The molecule has 140 valence electrons. The summed E-state index contributed by atoms with van der Waals surface area (Å²) in [5.41, 5.74) is 8.73. The molecule has 0 fully saturated rings. The first-order valence-electron chi connectivity index (χ1n) is 7.69. The molecule has 1 aromatic heterocycles. The second-order valence-corrected chi connectivity index (χ2v) is 6.16. The number of aromatic nitrogens is 1. The summed E-state index contributed by atoms with van der Waals surface area (Å²) in [5.74, 6) is -1.10. The van der Waals surface area contributed by atoms with Gasteiger partial charge in [0.2, 0.25) is 0 Å². The quantitative estimate of drug-likeness (QED) is 0.809. The Balaban J connectivity index is 0.00000288. The molecule has 2 N–H and O–H groups in total. The van der Waals surface area contributed by atoms with Crippen LogP contribution < -0.4 is 5.73 Å². The van der Waals surface area contributed by atoms with E-state index in [9.17, 15) is 8.78 Å². The van der Waals surface area contributed by atoms with E-state index in [1.807, 2.05) is 32.0 Å². The number of anilines is 1. The number of nitrogens with two attached hydrogens (primary N) is 1. The van der Waals surface area contributed by atoms with Crippen molar-refractivity contribution in [3.63, 3.8) is 0 Å². The molecule has 0 amide bonds. The summed E-state index contributed by atoms with van der Waals surface area (Å²) < 4.78 is 27.8. The first-order valence-corrected chi connectivity index (χ1v) is 7.69. The van der Waals surface area contributed by atoms with Gasteiger partial charge in [0.15, 0.2) is 11.6 Å². The van der Waals surface area contributed by atoms with Crippen LogP contribution in [0.4, 0.5) is 14.6 Å². The number of likely N-dealkylation sites (N-methyl/N-ethyl adjacent to an activating group) is 1. The van der Waals surface area contributed by atoms with E-state index in [-0.39, 0.29) is 24.8 Å². The Kier molecular flexibility index (Phi) is 9.93. The van der Waals surface area contributed by atoms with Crippen molar-refractivity contribution in [3.8, 4) is 0 Å². The lowest BCUT2D eigenvalue weighted by molar-refractivity contribution is 0.412. The molecule has 1 aromatic carbocycles. The molecular weight excluding hydrogens is 367 g/mol. The van der Waals surface area contributed by atoms with Gasteiger partial charge in [0.25, 0.3) is 0 Å². The Bertz CT molecular complexity index is 674. The highest BCUT2D eigenvalue weighted by atomic mass is 35.5. The Hall–Kier alpha value is -1.43. The number of rotatable bonds is 6. The maximum Gasteiger partial charge on any atom is 0.162 e. The first-order chi connectivity index (χ1) is 10.8. The van der Waals surface area contributed by atoms with Crippen LogP contribution in [0.2, 0.25) is 0 Å². The largest absolute Gasteiger partial charge is 0.384 e. The Morgan fingerprint density at radius 1 is 1.00 bits per heavy atom. The van der Waals surface area contributed by atoms with Crippen LogP contribution in [-0.2, 0) is 19.3 Å². The minimum absolute atomic E-state index is 0. The molecule has 1 heterocycles. The molecule has 0 aliphatic carbocycles. The van der Waals surface area contributed by atoms with Gasteiger partial charge in [-0.3, -0.25) is 0 Å². The zero-order chi connectivity index (χ0) is 17.0. The predicted octanol–water partition coefficient (Wildman–Crippen LogP) is 3.98. The van der Waals surface area contributed by atoms with E-state index < -0.39 is 11.6 Å². The highest BCUT2D eigenvalue weighted by Gasteiger charge is 2.12. The van der Waals surface area contributed by atoms with Crippen molar-refractivity contribution in [2.45, 2.75) is 26.2 Å². The van der Waals surface area contributed by atoms with Gasteiger partial charge in [-0.2, -0.15) is 0 Å². The van der Waals surface area contributed by atoms with Gasteiger partial charge in [0, 0.05) is 12.2 Å². The normalized spacial score (nSPS) is 10.3. The third-order valence-electron chi connectivity index (χ3n) is 3.70. The van der Waals surface area contributed by atoms with Crippen molar-refractivity contribution in [3.05, 3.63) is 58.3 Å². The summed E-state index contributed by atoms with van der Waals surface area (Å²) in [6, 6.07) is 6.73. The minimum atomic E-state index is -0.784. The van der Waals surface area contributed by atoms with Crippen LogP contribution in [-0.4, -0.2) is 30.5 Å². The number of halogens is 4. The topological polar surface area (TPSA) is 42.1 Å². The van der Waals surface area contributed by atoms with Gasteiger partial charge in [0.1, 0.15) is 5.82 Å². The second kappa shape index (κ2) is 10.5. The van der Waals surface area contributed by atoms with Gasteiger partial charge in [-0.25, -0.2) is 13.8 Å². The lowest BCUT2D eigenvalue weighted by Gasteiger charge is -2.12. The highest BCUT2D eigenvalue weighted by Crippen LogP contribution is 2.18. The van der Waals surface area contributed by atoms with Gasteiger partial charge in [0.05, 0.1) is 0 Å². The molecule has 0 saturated carbocycles. The van der Waals surface area contributed by atoms with Crippen LogP contribution in [0, 0.1) is 18.6 Å². The van der Waals surface area contributed by atoms with E-state index in [2.05, 4.69) is 4.98 Å². The number of nitrogens with zero attached hydrogens (tertiary/aromatic N) is 2. The van der Waals surface area contributed by atoms with Crippen LogP contribution in [0.5, 0.6) is 0 Å². The van der Waals surface area contributed by atoms with E-state index in [4.69, 9.17) is 5.73 Å². The molecule has 2 aromatic rings. The molecule has 0 atom stereocenters. The van der Waals surface area contributed by atoms with Gasteiger partial charge in [-0.05, 0) is 75.2 Å². The van der Waals surface area contributed by atoms with Crippen molar-refractivity contribution in [2.75, 3.05) is 26.4 Å². The fraction of sp³-hybridized carbons (Fsp3) is 0.389. The highest BCUT2D eigenvalue weighted by molar-refractivity contribution is 5.85. The minimum Gasteiger partial charge on any atom is -0.384 e. The summed E-state index contributed by atoms with van der Waals surface area (Å²) >= 11 is 0. The second-order valence-electron chi connectivity index (χ2n) is 6.16. The van der Waals surface area contributed by atoms with Gasteiger partial charge in [-0.15, -0.1) is 24.8 Å². The Morgan fingerprint density at radius 2 is 1.68 bits per heavy atom. The molecule has 0 spiro atoms. The lowest BCUT2D eigenvalue weighted by Crippen LogP contribution is -2.15. The van der Waals surface area contributed by atoms with E-state index in [0.717, 1.165) is 23.4 Å². The zero-order valence-corrected chi connectivity index (χ0v) is 16.3. The van der Waals surface area contributed by atoms with Gasteiger partial charge < -0.3 is 10.6 Å². The summed E-state index contributed by atoms with van der Waals surface area (Å²) in [7, 11) is 3.91. The fourth-order valence-electron chi connectivity index (χ4n) is 2.55. The molecule has 0 bridgehead atoms. The molecule has 0 saturated heterocycles. The molecular formula is C18H25Cl2F2N3. The van der Waals surface area contributed by atoms with Crippen LogP contribution in [0.3, 0.4) is 0 Å². The average molecular weight is 392 g/mol. The molecule has 0 radical (unpaired) electrons. The summed E-state index contributed by atoms with van der Waals surface area (Å²) in [5, 5.41) is 0. The smallest absolute Gasteiger partial charge is 0.162 e. The molecule has 0 aliphatic heterocycles. The monoisotopic (exact) mass is 391 g/mol. The SMILES string of the molecule is Cc1cc(N)nc(CCc2cc(CCN(C)C)cc(F)c2F)c1.Cl.Cl. The summed E-state index contributed by atoms with van der Waals surface area (Å²) in [6.45, 7) is 2.73. The zero-order valence-electron chi connectivity index (χ0n) is 14.7. The Labute approximate surface area is 160 Å². The third-order valence-corrected chi connectivity index (χ3v) is 3.70. The standard InChI is InChI=1S/C18H23F2N3.2ClH/c1-12-8-15(22-17(21)9-12)5-4-14-10-13(6-7-23(2)3)11-16(19)18(14)20;;/h8-11H,4-7H2,1-3H3,(H2,21,22);2*1H. The number of hydrogen-bond donors (Lipinski definition) is 1. The number of hydrogen-bond acceptors (Lipinski definition) is 3. The van der Waals surface area contributed by atoms with Crippen LogP contribution in [0.15, 0.2) is 24.3 Å². The van der Waals surface area contributed by atoms with Crippen molar-refractivity contribution in [1.82, 2.24) is 9.88 Å². The lowest BCUT2D eigenvalue weighted by atomic mass is 10.0. The average Bonchev–Trinajstić information content (AvgIpc) is 2.46. The Morgan fingerprint density at radius 3 is 2.28 bits per heavy atom. The van der Waals surface area contributed by atoms with Crippen molar-refractivity contribution in [1.29, 1.82) is 0 Å². The molecule has 0 unspecified atom stereocenters. The third kappa shape index (κ3) is 7.14. The van der Waals surface area contributed by atoms with Crippen molar-refractivity contribution >= 4 is 30.6 Å². The van der Waals surface area contributed by atoms with E-state index in [0.29, 0.717) is 30.6 Å². The van der Waals surface area contributed by atoms with Gasteiger partial charge in [-0.1, -0.05) is 6.07 Å². The predicted molar refractivity (Wildman–Crippen MR) is 104 cm³/mol.